The van der Waals surface area contributed by atoms with E-state index in [2.05, 4.69) is 5.32 Å². The second kappa shape index (κ2) is 8.41. The van der Waals surface area contributed by atoms with E-state index in [-0.39, 0.29) is 24.5 Å². The van der Waals surface area contributed by atoms with Crippen LogP contribution in [-0.4, -0.2) is 33.5 Å². The smallest absolute Gasteiger partial charge is 0.320 e. The highest BCUT2D eigenvalue weighted by molar-refractivity contribution is 8.15. The van der Waals surface area contributed by atoms with E-state index in [4.69, 9.17) is 15.6 Å². The molecule has 1 fully saturated rings. The van der Waals surface area contributed by atoms with E-state index in [0.717, 1.165) is 17.3 Å². The fraction of sp³-hybridized carbons (Fsp3) is 0.211. The number of imide groups is 1. The Kier molecular flexibility index (Phi) is 5.96. The molecule has 2 aromatic carbocycles. The van der Waals surface area contributed by atoms with Gasteiger partial charge < -0.3 is 15.6 Å². The fourth-order valence-electron chi connectivity index (χ4n) is 2.66. The molecule has 7 nitrogen and oxygen atoms in total. The van der Waals surface area contributed by atoms with Crippen LogP contribution in [0.3, 0.4) is 0 Å². The molecule has 146 valence electrons. The molecule has 0 aromatic heterocycles. The van der Waals surface area contributed by atoms with Crippen molar-refractivity contribution in [2.75, 3.05) is 0 Å². The average molecular weight is 404 g/mol. The molecular formula is C19H17FN2O5S. The first kappa shape index (κ1) is 19.8. The first-order chi connectivity index (χ1) is 13.3. The van der Waals surface area contributed by atoms with Gasteiger partial charge in [-0.3, -0.25) is 19.7 Å². The number of halogens is 1. The third kappa shape index (κ3) is 4.87. The number of hydrogen-bond donors (Lipinski definition) is 3. The Bertz CT molecular complexity index is 919. The number of hydrogen-bond acceptors (Lipinski definition) is 6. The van der Waals surface area contributed by atoms with Gasteiger partial charge in [0.2, 0.25) is 5.91 Å². The maximum Gasteiger partial charge on any atom is 0.320 e. The lowest BCUT2D eigenvalue weighted by atomic mass is 10.1. The van der Waals surface area contributed by atoms with Gasteiger partial charge in [0.05, 0.1) is 5.25 Å². The molecular weight excluding hydrogens is 387 g/mol. The predicted octanol–water partition coefficient (Wildman–Crippen LogP) is 2.47. The van der Waals surface area contributed by atoms with Crippen molar-refractivity contribution in [1.29, 1.82) is 0 Å². The molecule has 28 heavy (non-hydrogen) atoms. The number of nitrogens with two attached hydrogens (primary N) is 1. The molecule has 1 saturated heterocycles. The Balaban J connectivity index is 1.64. The van der Waals surface area contributed by atoms with Crippen LogP contribution >= 0.6 is 11.8 Å². The molecule has 9 heteroatoms. The van der Waals surface area contributed by atoms with E-state index in [1.165, 1.54) is 12.1 Å². The summed E-state index contributed by atoms with van der Waals surface area (Å²) < 4.78 is 19.9. The number of rotatable bonds is 7. The largest absolute Gasteiger partial charge is 0.480 e. The number of amides is 2. The lowest BCUT2D eigenvalue weighted by molar-refractivity contribution is -0.138. The van der Waals surface area contributed by atoms with Gasteiger partial charge in [-0.2, -0.15) is 0 Å². The minimum atomic E-state index is -1.08. The van der Waals surface area contributed by atoms with Crippen molar-refractivity contribution < 1.29 is 28.6 Å². The van der Waals surface area contributed by atoms with E-state index < -0.39 is 28.3 Å². The molecule has 0 bridgehead atoms. The Labute approximate surface area is 164 Å². The summed E-state index contributed by atoms with van der Waals surface area (Å²) in [4.78, 5) is 33.6. The van der Waals surface area contributed by atoms with Crippen molar-refractivity contribution in [1.82, 2.24) is 5.32 Å². The third-order valence-electron chi connectivity index (χ3n) is 4.11. The topological polar surface area (TPSA) is 119 Å². The Morgan fingerprint density at radius 2 is 1.89 bits per heavy atom. The van der Waals surface area contributed by atoms with Crippen LogP contribution in [0.4, 0.5) is 9.18 Å². The van der Waals surface area contributed by atoms with E-state index in [1.54, 1.807) is 30.3 Å². The van der Waals surface area contributed by atoms with Gasteiger partial charge in [-0.1, -0.05) is 30.0 Å². The van der Waals surface area contributed by atoms with Gasteiger partial charge in [-0.25, -0.2) is 4.39 Å². The van der Waals surface area contributed by atoms with Gasteiger partial charge in [-0.05, 0) is 48.2 Å². The first-order valence-corrected chi connectivity index (χ1v) is 9.25. The Morgan fingerprint density at radius 3 is 2.46 bits per heavy atom. The number of benzene rings is 2. The monoisotopic (exact) mass is 404 g/mol. The third-order valence-corrected chi connectivity index (χ3v) is 5.09. The van der Waals surface area contributed by atoms with Gasteiger partial charge in [0.15, 0.2) is 11.6 Å². The van der Waals surface area contributed by atoms with Gasteiger partial charge in [0.25, 0.3) is 5.24 Å². The zero-order chi connectivity index (χ0) is 20.3. The number of thioether (sulfide) groups is 1. The number of carbonyl (C=O) groups is 3. The molecule has 0 saturated carbocycles. The Morgan fingerprint density at radius 1 is 1.21 bits per heavy atom. The molecule has 3 rings (SSSR count). The van der Waals surface area contributed by atoms with Crippen molar-refractivity contribution >= 4 is 28.9 Å². The lowest BCUT2D eigenvalue weighted by Crippen LogP contribution is -2.32. The predicted molar refractivity (Wildman–Crippen MR) is 101 cm³/mol. The molecule has 1 aliphatic heterocycles. The summed E-state index contributed by atoms with van der Waals surface area (Å²) >= 11 is 0.889. The SMILES string of the molecule is NC(Cc1ccc(Oc2ccc(CC3SC(=O)NC3=O)cc2F)cc1)C(=O)O. The number of carboxylic acid groups (broad SMARTS) is 1. The highest BCUT2D eigenvalue weighted by Gasteiger charge is 2.31. The van der Waals surface area contributed by atoms with Gasteiger partial charge in [0, 0.05) is 0 Å². The summed E-state index contributed by atoms with van der Waals surface area (Å²) in [6.45, 7) is 0. The van der Waals surface area contributed by atoms with E-state index in [9.17, 15) is 18.8 Å². The number of aliphatic carboxylic acids is 1. The first-order valence-electron chi connectivity index (χ1n) is 8.37. The van der Waals surface area contributed by atoms with Crippen molar-refractivity contribution in [2.24, 2.45) is 5.73 Å². The molecule has 0 aliphatic carbocycles. The number of nitrogens with one attached hydrogen (secondary N) is 1. The van der Waals surface area contributed by atoms with Crippen molar-refractivity contribution in [3.63, 3.8) is 0 Å². The minimum Gasteiger partial charge on any atom is -0.480 e. The van der Waals surface area contributed by atoms with Crippen LogP contribution < -0.4 is 15.8 Å². The molecule has 1 aliphatic rings. The molecule has 0 spiro atoms. The number of ether oxygens (including phenoxy) is 1. The maximum absolute atomic E-state index is 14.3. The van der Waals surface area contributed by atoms with E-state index in [0.29, 0.717) is 11.3 Å². The second-order valence-electron chi connectivity index (χ2n) is 6.25. The van der Waals surface area contributed by atoms with Gasteiger partial charge in [-0.15, -0.1) is 0 Å². The van der Waals surface area contributed by atoms with E-state index >= 15 is 0 Å². The van der Waals surface area contributed by atoms with Crippen LogP contribution in [0.25, 0.3) is 0 Å². The maximum atomic E-state index is 14.3. The summed E-state index contributed by atoms with van der Waals surface area (Å²) in [5.41, 5.74) is 6.79. The molecule has 4 N–H and O–H groups in total. The minimum absolute atomic E-state index is 0.0124. The molecule has 2 atom stereocenters. The standard InChI is InChI=1S/C19H17FN2O5S/c20-13-7-11(9-16-17(23)22-19(26)28-16)3-6-15(13)27-12-4-1-10(2-5-12)8-14(21)18(24)25/h1-7,14,16H,8-9,21H2,(H,24,25)(H,22,23,26). The summed E-state index contributed by atoms with van der Waals surface area (Å²) in [5.74, 6) is -1.66. The summed E-state index contributed by atoms with van der Waals surface area (Å²) in [6.07, 6.45) is 0.409. The summed E-state index contributed by atoms with van der Waals surface area (Å²) in [6, 6.07) is 9.89. The van der Waals surface area contributed by atoms with Crippen LogP contribution in [0.1, 0.15) is 11.1 Å². The quantitative estimate of drug-likeness (QED) is 0.649. The zero-order valence-corrected chi connectivity index (χ0v) is 15.4. The van der Waals surface area contributed by atoms with Crippen molar-refractivity contribution in [2.45, 2.75) is 24.1 Å². The van der Waals surface area contributed by atoms with Crippen LogP contribution in [0.5, 0.6) is 11.5 Å². The molecule has 1 heterocycles. The summed E-state index contributed by atoms with van der Waals surface area (Å²) in [5, 5.41) is 10.1. The van der Waals surface area contributed by atoms with Crippen LogP contribution in [0, 0.1) is 5.82 Å². The van der Waals surface area contributed by atoms with Gasteiger partial charge in [0.1, 0.15) is 11.8 Å². The highest BCUT2D eigenvalue weighted by atomic mass is 32.2. The van der Waals surface area contributed by atoms with Gasteiger partial charge >= 0.3 is 5.97 Å². The second-order valence-corrected chi connectivity index (χ2v) is 7.42. The normalized spacial score (nSPS) is 17.3. The molecule has 2 amide bonds. The summed E-state index contributed by atoms with van der Waals surface area (Å²) in [7, 11) is 0. The molecule has 2 unspecified atom stereocenters. The number of carboxylic acids is 1. The van der Waals surface area contributed by atoms with Crippen molar-refractivity contribution in [3.05, 3.63) is 59.4 Å². The highest BCUT2D eigenvalue weighted by Crippen LogP contribution is 2.28. The van der Waals surface area contributed by atoms with Crippen LogP contribution in [0.15, 0.2) is 42.5 Å². The Hall–Kier alpha value is -2.91. The van der Waals surface area contributed by atoms with Crippen LogP contribution in [-0.2, 0) is 22.4 Å². The fourth-order valence-corrected chi connectivity index (χ4v) is 3.52. The molecule has 0 radical (unpaired) electrons. The average Bonchev–Trinajstić information content (AvgIpc) is 2.96. The lowest BCUT2D eigenvalue weighted by Gasteiger charge is -2.11. The van der Waals surface area contributed by atoms with Crippen molar-refractivity contribution in [3.8, 4) is 11.5 Å². The van der Waals surface area contributed by atoms with E-state index in [1.807, 2.05) is 0 Å². The number of carbonyl (C=O) groups excluding carboxylic acids is 2. The van der Waals surface area contributed by atoms with Crippen LogP contribution in [0.2, 0.25) is 0 Å². The molecule has 2 aromatic rings. The zero-order valence-electron chi connectivity index (χ0n) is 14.6.